The summed E-state index contributed by atoms with van der Waals surface area (Å²) < 4.78 is 9.24. The van der Waals surface area contributed by atoms with Crippen LogP contribution in [0.25, 0.3) is 38.5 Å². The molecule has 2 heterocycles. The molecule has 0 saturated carbocycles. The van der Waals surface area contributed by atoms with Gasteiger partial charge in [-0.3, -0.25) is 0 Å². The summed E-state index contributed by atoms with van der Waals surface area (Å²) in [5, 5.41) is 9.43. The number of hydrogen-bond acceptors (Lipinski definition) is 2. The number of allylic oxidation sites excluding steroid dienone is 5. The van der Waals surface area contributed by atoms with E-state index in [9.17, 15) is 0 Å². The molecule has 48 heavy (non-hydrogen) atoms. The zero-order chi connectivity index (χ0) is 33.4. The highest BCUT2D eigenvalue weighted by atomic mass is 35.5. The van der Waals surface area contributed by atoms with E-state index < -0.39 is 5.72 Å². The Morgan fingerprint density at radius 1 is 0.771 bits per heavy atom. The number of unbranched alkanes of at least 4 members (excludes halogenated alkanes) is 2. The molecule has 0 saturated heterocycles. The topological polar surface area (TPSA) is 17.4 Å². The molecular formula is C42H43Cl3N2O. The largest absolute Gasteiger partial charge is 0.348 e. The molecular weight excluding hydrogens is 655 g/mol. The molecule has 2 aliphatic rings. The fourth-order valence-corrected chi connectivity index (χ4v) is 8.57. The quantitative estimate of drug-likeness (QED) is 0.137. The minimum Gasteiger partial charge on any atom is -0.348 e. The van der Waals surface area contributed by atoms with Gasteiger partial charge in [-0.1, -0.05) is 110 Å². The van der Waals surface area contributed by atoms with Crippen LogP contribution in [0.1, 0.15) is 71.3 Å². The van der Waals surface area contributed by atoms with Crippen LogP contribution in [0, 0.1) is 0 Å². The molecule has 0 spiro atoms. The fraction of sp³-hybridized carbons (Fsp3) is 0.333. The molecule has 1 aromatic heterocycles. The van der Waals surface area contributed by atoms with Gasteiger partial charge in [0.1, 0.15) is 0 Å². The number of hydrogen-bond donors (Lipinski definition) is 0. The summed E-state index contributed by atoms with van der Waals surface area (Å²) in [6.07, 6.45) is 16.3. The van der Waals surface area contributed by atoms with E-state index in [4.69, 9.17) is 39.5 Å². The monoisotopic (exact) mass is 696 g/mol. The zero-order valence-electron chi connectivity index (χ0n) is 28.1. The molecule has 5 aromatic rings. The Hall–Kier alpha value is -3.21. The smallest absolute Gasteiger partial charge is 0.187 e. The summed E-state index contributed by atoms with van der Waals surface area (Å²) >= 11 is 20.7. The van der Waals surface area contributed by atoms with Crippen molar-refractivity contribution in [3.8, 4) is 0 Å². The lowest BCUT2D eigenvalue weighted by atomic mass is 9.92. The number of ether oxygens (including phenoxy) is 1. The molecule has 0 bridgehead atoms. The SMILES string of the molecule is CCCCN1c2ccc(Cl)c3cccc(c23)C1(/C=C/C1=C(Cl)C(=C/C=c2/c3cccc4c(Cl)ccc(c43)n2CCCC)/CCC1)OCC. The summed E-state index contributed by atoms with van der Waals surface area (Å²) in [5.41, 5.74) is 5.13. The van der Waals surface area contributed by atoms with Crippen molar-refractivity contribution in [3.05, 3.63) is 116 Å². The van der Waals surface area contributed by atoms with Crippen molar-refractivity contribution in [1.82, 2.24) is 4.57 Å². The first-order chi connectivity index (χ1) is 23.4. The molecule has 3 nitrogen and oxygen atoms in total. The Bertz CT molecular complexity index is 2160. The molecule has 1 unspecified atom stereocenters. The van der Waals surface area contributed by atoms with Crippen LogP contribution in [0.3, 0.4) is 0 Å². The minimum absolute atomic E-state index is 0.575. The third-order valence-corrected chi connectivity index (χ3v) is 11.3. The molecule has 1 atom stereocenters. The third-order valence-electron chi connectivity index (χ3n) is 10.1. The molecule has 0 N–H and O–H groups in total. The summed E-state index contributed by atoms with van der Waals surface area (Å²) in [7, 11) is 0. The third kappa shape index (κ3) is 5.57. The molecule has 0 radical (unpaired) electrons. The normalized spacial score (nSPS) is 19.5. The van der Waals surface area contributed by atoms with Crippen LogP contribution in [0.15, 0.2) is 95.1 Å². The Balaban J connectivity index is 1.33. The molecule has 0 amide bonds. The molecule has 4 aromatic carbocycles. The van der Waals surface area contributed by atoms with Gasteiger partial charge in [0, 0.05) is 83.8 Å². The lowest BCUT2D eigenvalue weighted by molar-refractivity contribution is -0.00334. The summed E-state index contributed by atoms with van der Waals surface area (Å²) in [5.74, 6) is 0. The maximum Gasteiger partial charge on any atom is 0.187 e. The highest BCUT2D eigenvalue weighted by Gasteiger charge is 2.45. The predicted molar refractivity (Wildman–Crippen MR) is 208 cm³/mol. The van der Waals surface area contributed by atoms with Crippen molar-refractivity contribution < 1.29 is 4.74 Å². The number of aryl methyl sites for hydroxylation is 1. The van der Waals surface area contributed by atoms with Gasteiger partial charge in [-0.05, 0) is 86.6 Å². The van der Waals surface area contributed by atoms with Crippen molar-refractivity contribution in [3.63, 3.8) is 0 Å². The van der Waals surface area contributed by atoms with E-state index >= 15 is 0 Å². The van der Waals surface area contributed by atoms with Crippen molar-refractivity contribution in [1.29, 1.82) is 0 Å². The first kappa shape index (κ1) is 33.3. The number of rotatable bonds is 11. The van der Waals surface area contributed by atoms with Crippen LogP contribution >= 0.6 is 34.8 Å². The van der Waals surface area contributed by atoms with Gasteiger partial charge >= 0.3 is 0 Å². The van der Waals surface area contributed by atoms with Gasteiger partial charge in [0.2, 0.25) is 0 Å². The highest BCUT2D eigenvalue weighted by Crippen LogP contribution is 2.51. The van der Waals surface area contributed by atoms with Crippen molar-refractivity contribution >= 4 is 79.0 Å². The first-order valence-corrected chi connectivity index (χ1v) is 18.7. The molecule has 6 heteroatoms. The van der Waals surface area contributed by atoms with Gasteiger partial charge < -0.3 is 14.2 Å². The Labute approximate surface area is 299 Å². The van der Waals surface area contributed by atoms with Crippen LogP contribution in [0.4, 0.5) is 5.69 Å². The number of aromatic nitrogens is 1. The standard InChI is InChI=1S/C42H43Cl3N2O/c1-4-7-26-46-36(32-16-10-14-30-34(43)19-22-37(46)39(30)32)21-18-28-12-9-13-29(41(28)45)24-25-42(48-6-3)33-17-11-15-31-35(44)20-23-38(40(31)33)47(42)27-8-5-2/h10-11,14-25H,4-9,12-13,26-27H2,1-3H3/b25-24+,28-18+,36-21-. The van der Waals surface area contributed by atoms with Crippen LogP contribution in [-0.2, 0) is 17.0 Å². The second-order valence-corrected chi connectivity index (χ2v) is 14.2. The summed E-state index contributed by atoms with van der Waals surface area (Å²) in [4.78, 5) is 2.43. The number of anilines is 1. The van der Waals surface area contributed by atoms with E-state index in [1.165, 1.54) is 38.3 Å². The molecule has 248 valence electrons. The van der Waals surface area contributed by atoms with E-state index in [0.29, 0.717) is 6.61 Å². The summed E-state index contributed by atoms with van der Waals surface area (Å²) in [6.45, 7) is 8.97. The fourth-order valence-electron chi connectivity index (χ4n) is 7.81. The molecule has 0 fully saturated rings. The highest BCUT2D eigenvalue weighted by molar-refractivity contribution is 6.37. The van der Waals surface area contributed by atoms with Crippen molar-refractivity contribution in [2.45, 2.75) is 78.0 Å². The molecule has 1 aliphatic carbocycles. The van der Waals surface area contributed by atoms with Crippen molar-refractivity contribution in [2.75, 3.05) is 18.1 Å². The van der Waals surface area contributed by atoms with Crippen LogP contribution < -0.4 is 10.2 Å². The van der Waals surface area contributed by atoms with E-state index in [0.717, 1.165) is 95.0 Å². The van der Waals surface area contributed by atoms with E-state index in [-0.39, 0.29) is 0 Å². The van der Waals surface area contributed by atoms with Gasteiger partial charge in [-0.25, -0.2) is 0 Å². The lowest BCUT2D eigenvalue weighted by Crippen LogP contribution is -2.45. The van der Waals surface area contributed by atoms with Crippen LogP contribution in [0.5, 0.6) is 0 Å². The summed E-state index contributed by atoms with van der Waals surface area (Å²) in [6, 6.07) is 21.2. The predicted octanol–water partition coefficient (Wildman–Crippen LogP) is 12.2. The number of benzene rings is 4. The second kappa shape index (κ2) is 14.0. The van der Waals surface area contributed by atoms with Gasteiger partial charge in [0.05, 0.1) is 0 Å². The van der Waals surface area contributed by atoms with E-state index in [2.05, 4.69) is 103 Å². The minimum atomic E-state index is -0.737. The molecule has 1 aliphatic heterocycles. The van der Waals surface area contributed by atoms with Gasteiger partial charge in [0.25, 0.3) is 0 Å². The maximum absolute atomic E-state index is 7.29. The van der Waals surface area contributed by atoms with E-state index in [1.807, 2.05) is 12.1 Å². The number of halogens is 3. The zero-order valence-corrected chi connectivity index (χ0v) is 30.4. The lowest BCUT2D eigenvalue weighted by Gasteiger charge is -2.39. The van der Waals surface area contributed by atoms with Gasteiger partial charge in [-0.2, -0.15) is 0 Å². The van der Waals surface area contributed by atoms with E-state index in [1.54, 1.807) is 0 Å². The maximum atomic E-state index is 7.29. The Kier molecular flexibility index (Phi) is 9.68. The average molecular weight is 698 g/mol. The van der Waals surface area contributed by atoms with Crippen LogP contribution in [0.2, 0.25) is 10.0 Å². The van der Waals surface area contributed by atoms with Crippen molar-refractivity contribution in [2.24, 2.45) is 0 Å². The number of nitrogens with zero attached hydrogens (tertiary/aromatic N) is 2. The molecule has 7 rings (SSSR count). The Morgan fingerprint density at radius 3 is 2.25 bits per heavy atom. The van der Waals surface area contributed by atoms with Crippen LogP contribution in [-0.4, -0.2) is 17.7 Å². The Morgan fingerprint density at radius 2 is 1.48 bits per heavy atom. The first-order valence-electron chi connectivity index (χ1n) is 17.5. The van der Waals surface area contributed by atoms with Gasteiger partial charge in [-0.15, -0.1) is 0 Å². The average Bonchev–Trinajstić information content (AvgIpc) is 3.55. The van der Waals surface area contributed by atoms with Gasteiger partial charge in [0.15, 0.2) is 5.72 Å². The second-order valence-electron chi connectivity index (χ2n) is 13.0.